The van der Waals surface area contributed by atoms with E-state index >= 15 is 0 Å². The van der Waals surface area contributed by atoms with E-state index < -0.39 is 0 Å². The van der Waals surface area contributed by atoms with Crippen LogP contribution in [0.5, 0.6) is 0 Å². The molecule has 0 bridgehead atoms. The Morgan fingerprint density at radius 1 is 0.576 bits per heavy atom. The SMILES string of the molecule is COC1=C(C#N)C(=Cc2ccc(C=C3C(C#N)=C(OC)C(OC)=C3C#N)s2)C(C#N)=C1OC. The molecule has 8 nitrogen and oxygen atoms in total. The lowest BCUT2D eigenvalue weighted by molar-refractivity contribution is 0.220. The molecule has 0 spiro atoms. The minimum absolute atomic E-state index is 0.203. The Bertz CT molecular complexity index is 1200. The molecular weight excluding hydrogens is 440 g/mol. The van der Waals surface area contributed by atoms with Crippen molar-refractivity contribution >= 4 is 23.5 Å². The number of nitriles is 4. The van der Waals surface area contributed by atoms with E-state index in [4.69, 9.17) is 18.9 Å². The van der Waals surface area contributed by atoms with Crippen molar-refractivity contribution in [2.45, 2.75) is 0 Å². The summed E-state index contributed by atoms with van der Waals surface area (Å²) in [6, 6.07) is 11.9. The van der Waals surface area contributed by atoms with Gasteiger partial charge in [-0.3, -0.25) is 0 Å². The lowest BCUT2D eigenvalue weighted by atomic mass is 10.0. The van der Waals surface area contributed by atoms with Gasteiger partial charge in [0.1, 0.15) is 46.6 Å². The summed E-state index contributed by atoms with van der Waals surface area (Å²) >= 11 is 1.35. The van der Waals surface area contributed by atoms with Crippen LogP contribution in [0.15, 0.2) is 68.6 Å². The average Bonchev–Trinajstić information content (AvgIpc) is 3.49. The van der Waals surface area contributed by atoms with Crippen molar-refractivity contribution in [2.24, 2.45) is 0 Å². The predicted molar refractivity (Wildman–Crippen MR) is 119 cm³/mol. The van der Waals surface area contributed by atoms with Crippen LogP contribution in [0.4, 0.5) is 0 Å². The Balaban J connectivity index is 2.11. The molecule has 1 heterocycles. The Morgan fingerprint density at radius 2 is 0.848 bits per heavy atom. The first-order valence-corrected chi connectivity index (χ1v) is 10.1. The van der Waals surface area contributed by atoms with Gasteiger partial charge in [-0.2, -0.15) is 21.0 Å². The highest BCUT2D eigenvalue weighted by Crippen LogP contribution is 2.41. The van der Waals surface area contributed by atoms with Gasteiger partial charge in [0.2, 0.25) is 0 Å². The summed E-state index contributed by atoms with van der Waals surface area (Å²) in [6.07, 6.45) is 3.40. The monoisotopic (exact) mass is 456 g/mol. The maximum absolute atomic E-state index is 9.63. The van der Waals surface area contributed by atoms with Crippen LogP contribution in [0.2, 0.25) is 0 Å². The van der Waals surface area contributed by atoms with Gasteiger partial charge in [-0.15, -0.1) is 11.3 Å². The quantitative estimate of drug-likeness (QED) is 0.621. The molecule has 0 aliphatic heterocycles. The van der Waals surface area contributed by atoms with Crippen LogP contribution in [0.1, 0.15) is 9.75 Å². The normalized spacial score (nSPS) is 15.2. The Hall–Kier alpha value is -4.70. The molecule has 0 atom stereocenters. The molecule has 1 aromatic rings. The van der Waals surface area contributed by atoms with Gasteiger partial charge in [-0.25, -0.2) is 0 Å². The van der Waals surface area contributed by atoms with E-state index in [9.17, 15) is 21.0 Å². The second-order valence-electron chi connectivity index (χ2n) is 6.44. The van der Waals surface area contributed by atoms with Crippen LogP contribution >= 0.6 is 11.3 Å². The van der Waals surface area contributed by atoms with Crippen LogP contribution in [-0.4, -0.2) is 28.4 Å². The molecule has 1 aromatic heterocycles. The second-order valence-corrected chi connectivity index (χ2v) is 7.58. The smallest absolute Gasteiger partial charge is 0.180 e. The summed E-state index contributed by atoms with van der Waals surface area (Å²) < 4.78 is 21.1. The van der Waals surface area contributed by atoms with E-state index in [-0.39, 0.29) is 45.3 Å². The lowest BCUT2D eigenvalue weighted by Gasteiger charge is -2.05. The third-order valence-electron chi connectivity index (χ3n) is 4.88. The number of allylic oxidation sites excluding steroid dienone is 6. The highest BCUT2D eigenvalue weighted by atomic mass is 32.1. The minimum atomic E-state index is 0.203. The fraction of sp³-hybridized carbons (Fsp3) is 0.167. The molecule has 0 radical (unpaired) electrons. The van der Waals surface area contributed by atoms with E-state index in [0.717, 1.165) is 9.75 Å². The van der Waals surface area contributed by atoms with Crippen molar-refractivity contribution in [3.05, 3.63) is 78.4 Å². The molecule has 0 amide bonds. The van der Waals surface area contributed by atoms with Gasteiger partial charge in [-0.05, 0) is 24.3 Å². The molecule has 0 fully saturated rings. The summed E-state index contributed by atoms with van der Waals surface area (Å²) in [5, 5.41) is 38.5. The van der Waals surface area contributed by atoms with E-state index in [1.54, 1.807) is 24.3 Å². The zero-order valence-corrected chi connectivity index (χ0v) is 19.0. The summed E-state index contributed by atoms with van der Waals surface area (Å²) in [7, 11) is 5.63. The van der Waals surface area contributed by atoms with Gasteiger partial charge in [0.05, 0.1) is 28.4 Å². The first-order valence-electron chi connectivity index (χ1n) is 9.32. The molecule has 162 valence electrons. The van der Waals surface area contributed by atoms with Gasteiger partial charge in [0.25, 0.3) is 0 Å². The molecule has 0 unspecified atom stereocenters. The van der Waals surface area contributed by atoms with Crippen molar-refractivity contribution < 1.29 is 18.9 Å². The van der Waals surface area contributed by atoms with E-state index in [1.807, 2.05) is 0 Å². The second kappa shape index (κ2) is 9.62. The summed E-state index contributed by atoms with van der Waals surface area (Å²) in [4.78, 5) is 1.49. The van der Waals surface area contributed by atoms with Crippen molar-refractivity contribution in [3.8, 4) is 24.3 Å². The standard InChI is InChI=1S/C24H16N4O4S/c1-29-21-17(9-25)15(18(10-26)22(21)30-2)7-13-5-6-14(33-13)8-16-19(11-27)23(31-3)24(32-4)20(16)12-28/h5-8H,1-4H3. The number of ether oxygens (including phenoxy) is 4. The maximum atomic E-state index is 9.63. The zero-order chi connectivity index (χ0) is 24.1. The van der Waals surface area contributed by atoms with E-state index in [2.05, 4.69) is 24.3 Å². The summed E-state index contributed by atoms with van der Waals surface area (Å²) in [6.45, 7) is 0. The Kier molecular flexibility index (Phi) is 6.70. The van der Waals surface area contributed by atoms with Crippen molar-refractivity contribution in [2.75, 3.05) is 28.4 Å². The van der Waals surface area contributed by atoms with Gasteiger partial charge in [-0.1, -0.05) is 0 Å². The third-order valence-corrected chi connectivity index (χ3v) is 5.86. The number of nitrogens with zero attached hydrogens (tertiary/aromatic N) is 4. The number of hydrogen-bond donors (Lipinski definition) is 0. The molecule has 0 N–H and O–H groups in total. The van der Waals surface area contributed by atoms with Gasteiger partial charge >= 0.3 is 0 Å². The summed E-state index contributed by atoms with van der Waals surface area (Å²) in [5.41, 5.74) is 1.61. The Labute approximate surface area is 194 Å². The van der Waals surface area contributed by atoms with Crippen LogP contribution in [0.3, 0.4) is 0 Å². The van der Waals surface area contributed by atoms with Crippen LogP contribution < -0.4 is 0 Å². The highest BCUT2D eigenvalue weighted by Gasteiger charge is 2.33. The molecule has 3 rings (SSSR count). The minimum Gasteiger partial charge on any atom is -0.491 e. The molecule has 33 heavy (non-hydrogen) atoms. The van der Waals surface area contributed by atoms with Crippen LogP contribution in [-0.2, 0) is 18.9 Å². The largest absolute Gasteiger partial charge is 0.491 e. The number of rotatable bonds is 6. The zero-order valence-electron chi connectivity index (χ0n) is 18.1. The highest BCUT2D eigenvalue weighted by molar-refractivity contribution is 7.13. The topological polar surface area (TPSA) is 132 Å². The van der Waals surface area contributed by atoms with Gasteiger partial charge in [0, 0.05) is 20.9 Å². The molecule has 9 heteroatoms. The first kappa shape index (κ1) is 23.0. The van der Waals surface area contributed by atoms with Crippen molar-refractivity contribution in [3.63, 3.8) is 0 Å². The Morgan fingerprint density at radius 3 is 1.06 bits per heavy atom. The van der Waals surface area contributed by atoms with Crippen molar-refractivity contribution in [1.82, 2.24) is 0 Å². The van der Waals surface area contributed by atoms with E-state index in [1.165, 1.54) is 39.8 Å². The fourth-order valence-electron chi connectivity index (χ4n) is 3.51. The molecule has 0 saturated heterocycles. The average molecular weight is 456 g/mol. The molecule has 2 aliphatic rings. The third kappa shape index (κ3) is 3.75. The molecular formula is C24H16N4O4S. The van der Waals surface area contributed by atoms with Gasteiger partial charge < -0.3 is 18.9 Å². The molecule has 0 saturated carbocycles. The van der Waals surface area contributed by atoms with Crippen LogP contribution in [0, 0.1) is 45.3 Å². The molecule has 2 aliphatic carbocycles. The first-order chi connectivity index (χ1) is 16.0. The van der Waals surface area contributed by atoms with Crippen molar-refractivity contribution in [1.29, 1.82) is 21.0 Å². The number of thiophene rings is 1. The van der Waals surface area contributed by atoms with Gasteiger partial charge in [0.15, 0.2) is 23.0 Å². The predicted octanol–water partition coefficient (Wildman–Crippen LogP) is 4.24. The fourth-order valence-corrected chi connectivity index (χ4v) is 4.41. The lowest BCUT2D eigenvalue weighted by Crippen LogP contribution is -1.94. The maximum Gasteiger partial charge on any atom is 0.180 e. The van der Waals surface area contributed by atoms with E-state index in [0.29, 0.717) is 11.1 Å². The number of methoxy groups -OCH3 is 4. The van der Waals surface area contributed by atoms with Crippen LogP contribution in [0.25, 0.3) is 12.2 Å². The molecule has 0 aromatic carbocycles. The summed E-state index contributed by atoms with van der Waals surface area (Å²) in [5.74, 6) is 0.831. The number of hydrogen-bond acceptors (Lipinski definition) is 9.